The molecule has 2 atom stereocenters. The van der Waals surface area contributed by atoms with E-state index in [1.807, 2.05) is 31.2 Å². The Labute approximate surface area is 154 Å². The van der Waals surface area contributed by atoms with Gasteiger partial charge in [-0.3, -0.25) is 4.79 Å². The highest BCUT2D eigenvalue weighted by Gasteiger charge is 2.21. The first-order valence-electron chi connectivity index (χ1n) is 9.35. The van der Waals surface area contributed by atoms with Gasteiger partial charge in [0.2, 0.25) is 11.7 Å². The Morgan fingerprint density at radius 2 is 2.12 bits per heavy atom. The maximum Gasteiger partial charge on any atom is 0.243 e. The quantitative estimate of drug-likeness (QED) is 0.769. The fourth-order valence-electron chi connectivity index (χ4n) is 3.36. The molecule has 0 saturated heterocycles. The van der Waals surface area contributed by atoms with E-state index in [1.165, 1.54) is 24.1 Å². The summed E-state index contributed by atoms with van der Waals surface area (Å²) in [5, 5.41) is 15.2. The minimum atomic E-state index is -0.140. The lowest BCUT2D eigenvalue weighted by Crippen LogP contribution is -2.33. The van der Waals surface area contributed by atoms with E-state index in [1.54, 1.807) is 0 Å². The minimum absolute atomic E-state index is 0.0543. The van der Waals surface area contributed by atoms with Crippen molar-refractivity contribution in [3.05, 3.63) is 29.8 Å². The summed E-state index contributed by atoms with van der Waals surface area (Å²) in [4.78, 5) is 13.4. The van der Waals surface area contributed by atoms with Gasteiger partial charge in [0.05, 0.1) is 12.7 Å². The third-order valence-electron chi connectivity index (χ3n) is 4.91. The Balaban J connectivity index is 1.42. The molecule has 1 saturated carbocycles. The molecule has 1 aliphatic carbocycles. The lowest BCUT2D eigenvalue weighted by Gasteiger charge is -2.28. The molecule has 26 heavy (non-hydrogen) atoms. The largest absolute Gasteiger partial charge is 0.376 e. The Morgan fingerprint density at radius 1 is 1.31 bits per heavy atom. The summed E-state index contributed by atoms with van der Waals surface area (Å²) in [6.45, 7) is 5.33. The number of nitrogens with zero attached hydrogens (tertiary/aromatic N) is 4. The molecule has 7 heteroatoms. The smallest absolute Gasteiger partial charge is 0.243 e. The predicted octanol–water partition coefficient (Wildman–Crippen LogP) is 2.36. The highest BCUT2D eigenvalue weighted by atomic mass is 16.5. The Morgan fingerprint density at radius 3 is 2.92 bits per heavy atom. The summed E-state index contributed by atoms with van der Waals surface area (Å²) in [6.07, 6.45) is 5.22. The van der Waals surface area contributed by atoms with Crippen LogP contribution in [0.4, 0.5) is 0 Å². The lowest BCUT2D eigenvalue weighted by atomic mass is 9.88. The van der Waals surface area contributed by atoms with Crippen LogP contribution >= 0.6 is 0 Å². The van der Waals surface area contributed by atoms with Gasteiger partial charge >= 0.3 is 0 Å². The molecule has 1 heterocycles. The van der Waals surface area contributed by atoms with Crippen LogP contribution in [0, 0.1) is 12.8 Å². The number of tetrazole rings is 1. The number of rotatable bonds is 7. The van der Waals surface area contributed by atoms with Gasteiger partial charge in [0.15, 0.2) is 0 Å². The summed E-state index contributed by atoms with van der Waals surface area (Å²) in [6, 6.07) is 7.84. The topological polar surface area (TPSA) is 81.9 Å². The van der Waals surface area contributed by atoms with Crippen molar-refractivity contribution in [2.45, 2.75) is 52.2 Å². The monoisotopic (exact) mass is 357 g/mol. The predicted molar refractivity (Wildman–Crippen MR) is 98.4 cm³/mol. The molecule has 0 aliphatic heterocycles. The molecular weight excluding hydrogens is 330 g/mol. The van der Waals surface area contributed by atoms with E-state index in [9.17, 15) is 4.79 Å². The summed E-state index contributed by atoms with van der Waals surface area (Å²) in [5.74, 6) is 1.00. The Kier molecular flexibility index (Phi) is 6.33. The molecule has 1 aliphatic rings. The molecule has 1 aromatic carbocycles. The number of carbonyl (C=O) groups excluding carboxylic acids is 1. The molecular formula is C19H27N5O2. The minimum Gasteiger partial charge on any atom is -0.376 e. The maximum atomic E-state index is 12.0. The van der Waals surface area contributed by atoms with Crippen LogP contribution in [0.15, 0.2) is 24.3 Å². The van der Waals surface area contributed by atoms with E-state index < -0.39 is 0 Å². The van der Waals surface area contributed by atoms with Crippen LogP contribution in [-0.2, 0) is 16.1 Å². The Bertz CT molecular complexity index is 730. The molecule has 1 amide bonds. The zero-order chi connectivity index (χ0) is 18.4. The molecule has 0 spiro atoms. The van der Waals surface area contributed by atoms with Crippen LogP contribution in [0.2, 0.25) is 0 Å². The van der Waals surface area contributed by atoms with Crippen LogP contribution in [0.1, 0.15) is 38.2 Å². The number of hydrogen-bond donors (Lipinski definition) is 1. The van der Waals surface area contributed by atoms with Crippen molar-refractivity contribution in [1.29, 1.82) is 0 Å². The molecule has 140 valence electrons. The van der Waals surface area contributed by atoms with Crippen molar-refractivity contribution >= 4 is 5.91 Å². The number of amides is 1. The highest BCUT2D eigenvalue weighted by molar-refractivity contribution is 5.75. The second-order valence-electron chi connectivity index (χ2n) is 6.98. The molecule has 1 fully saturated rings. The highest BCUT2D eigenvalue weighted by Crippen LogP contribution is 2.26. The number of aryl methyl sites for hydroxylation is 1. The lowest BCUT2D eigenvalue weighted by molar-refractivity contribution is -0.122. The van der Waals surface area contributed by atoms with E-state index in [-0.39, 0.29) is 12.5 Å². The first-order valence-corrected chi connectivity index (χ1v) is 9.35. The van der Waals surface area contributed by atoms with Gasteiger partial charge < -0.3 is 10.1 Å². The van der Waals surface area contributed by atoms with Crippen LogP contribution < -0.4 is 5.32 Å². The summed E-state index contributed by atoms with van der Waals surface area (Å²) in [5.41, 5.74) is 2.00. The first-order chi connectivity index (χ1) is 12.6. The van der Waals surface area contributed by atoms with Crippen LogP contribution in [0.25, 0.3) is 11.4 Å². The number of hydrogen-bond acceptors (Lipinski definition) is 5. The van der Waals surface area contributed by atoms with Gasteiger partial charge in [-0.25, -0.2) is 0 Å². The molecule has 0 radical (unpaired) electrons. The van der Waals surface area contributed by atoms with Gasteiger partial charge in [-0.2, -0.15) is 4.80 Å². The van der Waals surface area contributed by atoms with Gasteiger partial charge in [0.1, 0.15) is 6.54 Å². The first kappa shape index (κ1) is 18.5. The van der Waals surface area contributed by atoms with Gasteiger partial charge in [-0.1, -0.05) is 44.0 Å². The molecule has 2 aromatic rings. The SMILES string of the molecule is Cc1ccccc1-c1nnn(CC(=O)NCCO[C@H]2CCCC[C@@H]2C)n1. The van der Waals surface area contributed by atoms with E-state index in [0.717, 1.165) is 17.5 Å². The third kappa shape index (κ3) is 4.88. The second kappa shape index (κ2) is 8.89. The fourth-order valence-corrected chi connectivity index (χ4v) is 3.36. The maximum absolute atomic E-state index is 12.0. The number of ether oxygens (including phenoxy) is 1. The van der Waals surface area contributed by atoms with E-state index >= 15 is 0 Å². The summed E-state index contributed by atoms with van der Waals surface area (Å²) >= 11 is 0. The fraction of sp³-hybridized carbons (Fsp3) is 0.579. The van der Waals surface area contributed by atoms with Crippen molar-refractivity contribution in [3.63, 3.8) is 0 Å². The van der Waals surface area contributed by atoms with Crippen LogP contribution in [0.5, 0.6) is 0 Å². The van der Waals surface area contributed by atoms with Crippen molar-refractivity contribution in [2.75, 3.05) is 13.2 Å². The van der Waals surface area contributed by atoms with E-state index in [2.05, 4.69) is 27.7 Å². The van der Waals surface area contributed by atoms with Crippen molar-refractivity contribution in [3.8, 4) is 11.4 Å². The van der Waals surface area contributed by atoms with Crippen molar-refractivity contribution in [2.24, 2.45) is 5.92 Å². The van der Waals surface area contributed by atoms with Gasteiger partial charge in [-0.05, 0) is 36.5 Å². The molecule has 1 aromatic heterocycles. The average Bonchev–Trinajstić information content (AvgIpc) is 3.08. The van der Waals surface area contributed by atoms with Gasteiger partial charge in [0.25, 0.3) is 0 Å². The standard InChI is InChI=1S/C19H27N5O2/c1-14-7-3-5-9-16(14)19-21-23-24(22-19)13-18(25)20-11-12-26-17-10-6-4-8-15(17)2/h3,5,7,9,15,17H,4,6,8,10-13H2,1-2H3,(H,20,25)/t15-,17-/m0/s1. The summed E-state index contributed by atoms with van der Waals surface area (Å²) < 4.78 is 5.91. The Hall–Kier alpha value is -2.28. The molecule has 0 unspecified atom stereocenters. The number of nitrogens with one attached hydrogen (secondary N) is 1. The van der Waals surface area contributed by atoms with Crippen molar-refractivity contribution < 1.29 is 9.53 Å². The average molecular weight is 357 g/mol. The molecule has 7 nitrogen and oxygen atoms in total. The van der Waals surface area contributed by atoms with Gasteiger partial charge in [-0.15, -0.1) is 10.2 Å². The zero-order valence-corrected chi connectivity index (χ0v) is 15.5. The normalized spacial score (nSPS) is 20.1. The third-order valence-corrected chi connectivity index (χ3v) is 4.91. The van der Waals surface area contributed by atoms with Gasteiger partial charge in [0, 0.05) is 12.1 Å². The number of carbonyl (C=O) groups is 1. The van der Waals surface area contributed by atoms with E-state index in [0.29, 0.717) is 31.0 Å². The number of benzene rings is 1. The molecule has 3 rings (SSSR count). The number of aromatic nitrogens is 4. The zero-order valence-electron chi connectivity index (χ0n) is 15.5. The van der Waals surface area contributed by atoms with Crippen LogP contribution in [0.3, 0.4) is 0 Å². The van der Waals surface area contributed by atoms with E-state index in [4.69, 9.17) is 4.74 Å². The molecule has 1 N–H and O–H groups in total. The van der Waals surface area contributed by atoms with Crippen LogP contribution in [-0.4, -0.2) is 45.4 Å². The second-order valence-corrected chi connectivity index (χ2v) is 6.98. The molecule has 0 bridgehead atoms. The van der Waals surface area contributed by atoms with Crippen molar-refractivity contribution in [1.82, 2.24) is 25.5 Å². The summed E-state index contributed by atoms with van der Waals surface area (Å²) in [7, 11) is 0.